The van der Waals surface area contributed by atoms with Crippen LogP contribution in [0.4, 0.5) is 0 Å². The van der Waals surface area contributed by atoms with Crippen LogP contribution in [0, 0.1) is 0 Å². The summed E-state index contributed by atoms with van der Waals surface area (Å²) >= 11 is 9.61. The van der Waals surface area contributed by atoms with Crippen LogP contribution in [0.5, 0.6) is 17.2 Å². The van der Waals surface area contributed by atoms with Gasteiger partial charge in [0.25, 0.3) is 0 Å². The largest absolute Gasteiger partial charge is 0.493 e. The molecule has 0 radical (unpaired) electrons. The van der Waals surface area contributed by atoms with E-state index in [-0.39, 0.29) is 0 Å². The molecule has 0 spiro atoms. The summed E-state index contributed by atoms with van der Waals surface area (Å²) in [6.07, 6.45) is 1.63. The number of ether oxygens (including phenoxy) is 3. The summed E-state index contributed by atoms with van der Waals surface area (Å²) in [6, 6.07) is 1.76. The van der Waals surface area contributed by atoms with Gasteiger partial charge >= 0.3 is 0 Å². The molecule has 2 aromatic rings. The van der Waals surface area contributed by atoms with Gasteiger partial charge in [0.2, 0.25) is 5.75 Å². The van der Waals surface area contributed by atoms with Gasteiger partial charge in [-0.05, 0) is 15.9 Å². The van der Waals surface area contributed by atoms with Crippen LogP contribution in [0.2, 0.25) is 5.02 Å². The Labute approximate surface area is 118 Å². The zero-order chi connectivity index (χ0) is 13.3. The lowest BCUT2D eigenvalue weighted by Gasteiger charge is -2.15. The summed E-state index contributed by atoms with van der Waals surface area (Å²) in [5.41, 5.74) is 0.678. The van der Waals surface area contributed by atoms with Crippen LogP contribution in [0.15, 0.2) is 16.7 Å². The molecule has 0 atom stereocenters. The second-order valence-electron chi connectivity index (χ2n) is 3.46. The average molecular weight is 333 g/mol. The Morgan fingerprint density at radius 3 is 2.33 bits per heavy atom. The van der Waals surface area contributed by atoms with Crippen molar-refractivity contribution in [2.24, 2.45) is 0 Å². The molecule has 18 heavy (non-hydrogen) atoms. The first-order valence-electron chi connectivity index (χ1n) is 5.06. The minimum Gasteiger partial charge on any atom is -0.493 e. The van der Waals surface area contributed by atoms with Crippen molar-refractivity contribution in [3.8, 4) is 17.2 Å². The second kappa shape index (κ2) is 5.20. The van der Waals surface area contributed by atoms with Gasteiger partial charge in [-0.1, -0.05) is 11.6 Å². The normalized spacial score (nSPS) is 10.5. The first-order valence-corrected chi connectivity index (χ1v) is 6.23. The van der Waals surface area contributed by atoms with E-state index in [0.29, 0.717) is 37.6 Å². The van der Waals surface area contributed by atoms with Gasteiger partial charge in [-0.3, -0.25) is 4.98 Å². The minimum atomic E-state index is 0.495. The van der Waals surface area contributed by atoms with Crippen molar-refractivity contribution in [3.63, 3.8) is 0 Å². The Balaban J connectivity index is 2.93. The highest BCUT2D eigenvalue weighted by atomic mass is 79.9. The molecule has 0 fully saturated rings. The highest BCUT2D eigenvalue weighted by Crippen LogP contribution is 2.46. The second-order valence-corrected chi connectivity index (χ2v) is 4.69. The molecule has 4 nitrogen and oxygen atoms in total. The van der Waals surface area contributed by atoms with Crippen LogP contribution in [0.1, 0.15) is 0 Å². The number of methoxy groups -OCH3 is 3. The summed E-state index contributed by atoms with van der Waals surface area (Å²) in [5, 5.41) is 1.21. The van der Waals surface area contributed by atoms with Crippen LogP contribution in [-0.2, 0) is 0 Å². The van der Waals surface area contributed by atoms with Gasteiger partial charge in [-0.15, -0.1) is 0 Å². The fourth-order valence-electron chi connectivity index (χ4n) is 1.76. The summed E-state index contributed by atoms with van der Waals surface area (Å²) in [5.74, 6) is 1.55. The lowest BCUT2D eigenvalue weighted by atomic mass is 10.1. The molecule has 96 valence electrons. The fourth-order valence-corrected chi connectivity index (χ4v) is 2.29. The molecule has 0 aliphatic heterocycles. The molecule has 0 amide bonds. The number of hydrogen-bond donors (Lipinski definition) is 0. The molecule has 0 bridgehead atoms. The topological polar surface area (TPSA) is 40.6 Å². The first kappa shape index (κ1) is 13.2. The smallest absolute Gasteiger partial charge is 0.204 e. The summed E-state index contributed by atoms with van der Waals surface area (Å²) in [4.78, 5) is 4.29. The third kappa shape index (κ3) is 1.97. The number of fused-ring (bicyclic) bond motifs is 1. The molecule has 0 unspecified atom stereocenters. The molecule has 0 saturated carbocycles. The molecular weight excluding hydrogens is 321 g/mol. The van der Waals surface area contributed by atoms with Crippen molar-refractivity contribution in [1.82, 2.24) is 4.98 Å². The molecule has 0 aliphatic carbocycles. The van der Waals surface area contributed by atoms with Crippen molar-refractivity contribution in [2.45, 2.75) is 0 Å². The summed E-state index contributed by atoms with van der Waals surface area (Å²) in [6.45, 7) is 0. The molecule has 0 aliphatic rings. The highest BCUT2D eigenvalue weighted by molar-refractivity contribution is 9.10. The SMILES string of the molecule is COc1cc2ncc(Br)c(Cl)c2c(OC)c1OC. The van der Waals surface area contributed by atoms with Crippen LogP contribution >= 0.6 is 27.5 Å². The Kier molecular flexibility index (Phi) is 3.82. The van der Waals surface area contributed by atoms with Crippen molar-refractivity contribution in [2.75, 3.05) is 21.3 Å². The van der Waals surface area contributed by atoms with Gasteiger partial charge in [-0.2, -0.15) is 0 Å². The number of nitrogens with zero attached hydrogens (tertiary/aromatic N) is 1. The van der Waals surface area contributed by atoms with E-state index in [1.54, 1.807) is 33.6 Å². The monoisotopic (exact) mass is 331 g/mol. The molecule has 0 saturated heterocycles. The molecule has 1 heterocycles. The predicted molar refractivity (Wildman–Crippen MR) is 74.1 cm³/mol. The zero-order valence-electron chi connectivity index (χ0n) is 10.1. The average Bonchev–Trinajstić information content (AvgIpc) is 2.40. The van der Waals surface area contributed by atoms with Gasteiger partial charge in [0.15, 0.2) is 11.5 Å². The van der Waals surface area contributed by atoms with E-state index in [1.165, 1.54) is 0 Å². The summed E-state index contributed by atoms with van der Waals surface area (Å²) < 4.78 is 16.6. The molecule has 6 heteroatoms. The zero-order valence-corrected chi connectivity index (χ0v) is 12.4. The van der Waals surface area contributed by atoms with Crippen LogP contribution in [-0.4, -0.2) is 26.3 Å². The lowest BCUT2D eigenvalue weighted by molar-refractivity contribution is 0.327. The van der Waals surface area contributed by atoms with Crippen molar-refractivity contribution >= 4 is 38.4 Å². The Morgan fingerprint density at radius 2 is 1.78 bits per heavy atom. The maximum atomic E-state index is 6.27. The number of pyridine rings is 1. The number of aromatic nitrogens is 1. The van der Waals surface area contributed by atoms with Crippen LogP contribution in [0.3, 0.4) is 0 Å². The van der Waals surface area contributed by atoms with Crippen LogP contribution in [0.25, 0.3) is 10.9 Å². The van der Waals surface area contributed by atoms with E-state index in [1.807, 2.05) is 0 Å². The third-order valence-corrected chi connectivity index (χ3v) is 3.78. The number of halogens is 2. The van der Waals surface area contributed by atoms with Gasteiger partial charge in [0.05, 0.1) is 41.7 Å². The lowest BCUT2D eigenvalue weighted by Crippen LogP contribution is -1.97. The van der Waals surface area contributed by atoms with Gasteiger partial charge in [-0.25, -0.2) is 0 Å². The third-order valence-electron chi connectivity index (χ3n) is 2.56. The number of rotatable bonds is 3. The van der Waals surface area contributed by atoms with Crippen LogP contribution < -0.4 is 14.2 Å². The van der Waals surface area contributed by atoms with Crippen molar-refractivity contribution in [1.29, 1.82) is 0 Å². The maximum Gasteiger partial charge on any atom is 0.204 e. The van der Waals surface area contributed by atoms with Gasteiger partial charge in [0, 0.05) is 12.3 Å². The molecule has 2 rings (SSSR count). The van der Waals surface area contributed by atoms with Crippen molar-refractivity contribution < 1.29 is 14.2 Å². The highest BCUT2D eigenvalue weighted by Gasteiger charge is 2.19. The van der Waals surface area contributed by atoms with E-state index in [4.69, 9.17) is 25.8 Å². The number of benzene rings is 1. The molecule has 1 aromatic heterocycles. The Morgan fingerprint density at radius 1 is 1.11 bits per heavy atom. The summed E-state index contributed by atoms with van der Waals surface area (Å²) in [7, 11) is 4.66. The molecule has 0 N–H and O–H groups in total. The van der Waals surface area contributed by atoms with Gasteiger partial charge < -0.3 is 14.2 Å². The van der Waals surface area contributed by atoms with E-state index in [9.17, 15) is 0 Å². The van der Waals surface area contributed by atoms with Gasteiger partial charge in [0.1, 0.15) is 0 Å². The standard InChI is InChI=1S/C12H11BrClNO3/c1-16-8-4-7-9(10(14)6(13)5-15-7)12(18-3)11(8)17-2/h4-5H,1-3H3. The van der Waals surface area contributed by atoms with Crippen molar-refractivity contribution in [3.05, 3.63) is 21.8 Å². The molecule has 1 aromatic carbocycles. The van der Waals surface area contributed by atoms with E-state index in [0.717, 1.165) is 0 Å². The van der Waals surface area contributed by atoms with E-state index < -0.39 is 0 Å². The first-order chi connectivity index (χ1) is 8.63. The minimum absolute atomic E-state index is 0.495. The predicted octanol–water partition coefficient (Wildman–Crippen LogP) is 3.68. The maximum absolute atomic E-state index is 6.27. The van der Waals surface area contributed by atoms with E-state index in [2.05, 4.69) is 20.9 Å². The Bertz CT molecular complexity index is 604. The van der Waals surface area contributed by atoms with E-state index >= 15 is 0 Å². The fraction of sp³-hybridized carbons (Fsp3) is 0.250. The molecular formula is C12H11BrClNO3. The quantitative estimate of drug-likeness (QED) is 0.860. The Hall–Kier alpha value is -1.20. The number of hydrogen-bond acceptors (Lipinski definition) is 4.